The lowest BCUT2D eigenvalue weighted by atomic mass is 9.92. The predicted molar refractivity (Wildman–Crippen MR) is 89.0 cm³/mol. The van der Waals surface area contributed by atoms with Gasteiger partial charge >= 0.3 is 12.2 Å². The number of anilines is 1. The molecular weight excluding hydrogens is 403 g/mol. The molecule has 2 aliphatic rings. The zero-order valence-electron chi connectivity index (χ0n) is 13.2. The number of carbonyl (C=O) groups excluding carboxylic acids is 1. The van der Waals surface area contributed by atoms with Crippen molar-refractivity contribution in [2.45, 2.75) is 23.5 Å². The Kier molecular flexibility index (Phi) is 4.63. The summed E-state index contributed by atoms with van der Waals surface area (Å²) in [7, 11) is 1.22. The van der Waals surface area contributed by atoms with E-state index in [2.05, 4.69) is 26.2 Å². The maximum atomic E-state index is 13.4. The van der Waals surface area contributed by atoms with Crippen molar-refractivity contribution in [2.75, 3.05) is 19.0 Å². The van der Waals surface area contributed by atoms with Gasteiger partial charge in [0.05, 0.1) is 17.5 Å². The van der Waals surface area contributed by atoms with Crippen molar-refractivity contribution < 1.29 is 22.7 Å². The summed E-state index contributed by atoms with van der Waals surface area (Å²) in [6.45, 7) is 0.311. The summed E-state index contributed by atoms with van der Waals surface area (Å²) < 4.78 is 43.7. The molecule has 2 heterocycles. The molecule has 1 unspecified atom stereocenters. The number of amides is 2. The summed E-state index contributed by atoms with van der Waals surface area (Å²) in [5, 5.41) is 2.64. The smallest absolute Gasteiger partial charge is 0.362 e. The number of carbonyl (C=O) groups is 1. The minimum Gasteiger partial charge on any atom is -0.362 e. The van der Waals surface area contributed by atoms with Crippen LogP contribution in [-0.2, 0) is 4.74 Å². The van der Waals surface area contributed by atoms with Crippen LogP contribution in [0.2, 0.25) is 0 Å². The van der Waals surface area contributed by atoms with E-state index in [4.69, 9.17) is 4.74 Å². The van der Waals surface area contributed by atoms with Gasteiger partial charge in [0.2, 0.25) is 0 Å². The van der Waals surface area contributed by atoms with Crippen LogP contribution in [0.3, 0.4) is 0 Å². The average molecular weight is 418 g/mol. The molecule has 0 fully saturated rings. The van der Waals surface area contributed by atoms with Crippen LogP contribution in [0.1, 0.15) is 12.8 Å². The molecule has 9 heteroatoms. The highest BCUT2D eigenvalue weighted by molar-refractivity contribution is 9.10. The Morgan fingerprint density at radius 3 is 2.84 bits per heavy atom. The number of aromatic nitrogens is 1. The van der Waals surface area contributed by atoms with Gasteiger partial charge in [-0.05, 0) is 46.1 Å². The molecule has 1 aromatic heterocycles. The van der Waals surface area contributed by atoms with Crippen LogP contribution in [0, 0.1) is 0 Å². The number of hydrogen-bond donors (Lipinski definition) is 1. The zero-order chi connectivity index (χ0) is 18.2. The zero-order valence-corrected chi connectivity index (χ0v) is 14.8. The second-order valence-electron chi connectivity index (χ2n) is 5.73. The highest BCUT2D eigenvalue weighted by atomic mass is 79.9. The van der Waals surface area contributed by atoms with Gasteiger partial charge < -0.3 is 10.1 Å². The lowest BCUT2D eigenvalue weighted by Gasteiger charge is -2.34. The van der Waals surface area contributed by atoms with Crippen molar-refractivity contribution >= 4 is 27.6 Å². The first-order chi connectivity index (χ1) is 11.7. The van der Waals surface area contributed by atoms with E-state index >= 15 is 0 Å². The minimum atomic E-state index is -4.58. The number of nitrogens with one attached hydrogen (secondary N) is 1. The Hall–Kier alpha value is -1.87. The molecule has 0 radical (unpaired) electrons. The van der Waals surface area contributed by atoms with E-state index in [0.717, 1.165) is 11.6 Å². The molecule has 1 N–H and O–H groups in total. The first kappa shape index (κ1) is 17.9. The maximum Gasteiger partial charge on any atom is 0.416 e. The number of methoxy groups -OCH3 is 1. The summed E-state index contributed by atoms with van der Waals surface area (Å²) >= 11 is 3.07. The Morgan fingerprint density at radius 1 is 1.48 bits per heavy atom. The molecule has 0 aromatic carbocycles. The number of allylic oxidation sites excluding steroid dienone is 1. The monoisotopic (exact) mass is 417 g/mol. The molecule has 0 saturated carbocycles. The third-order valence-electron chi connectivity index (χ3n) is 4.20. The Morgan fingerprint density at radius 2 is 2.24 bits per heavy atom. The van der Waals surface area contributed by atoms with Crippen molar-refractivity contribution in [3.63, 3.8) is 0 Å². The molecule has 1 aliphatic carbocycles. The van der Waals surface area contributed by atoms with Gasteiger partial charge in [-0.2, -0.15) is 13.2 Å². The van der Waals surface area contributed by atoms with Gasteiger partial charge in [0.25, 0.3) is 0 Å². The molecule has 0 bridgehead atoms. The lowest BCUT2D eigenvalue weighted by molar-refractivity contribution is -0.112. The second kappa shape index (κ2) is 6.45. The van der Waals surface area contributed by atoms with E-state index in [1.807, 2.05) is 0 Å². The topological polar surface area (TPSA) is 54.5 Å². The maximum absolute atomic E-state index is 13.4. The van der Waals surface area contributed by atoms with Crippen LogP contribution in [0.15, 0.2) is 47.4 Å². The molecule has 2 amide bonds. The SMILES string of the molecule is COC1(Br)CC2=C(C=C1C(F)(F)F)N(C(=O)Nc1cccnc1)CC2. The summed E-state index contributed by atoms with van der Waals surface area (Å²) in [6, 6.07) is 2.82. The fourth-order valence-corrected chi connectivity index (χ4v) is 3.65. The lowest BCUT2D eigenvalue weighted by Crippen LogP contribution is -2.38. The first-order valence-electron chi connectivity index (χ1n) is 7.48. The molecule has 1 aromatic rings. The number of nitrogens with zero attached hydrogens (tertiary/aromatic N) is 2. The molecule has 0 spiro atoms. The number of pyridine rings is 1. The third-order valence-corrected chi connectivity index (χ3v) is 5.23. The van der Waals surface area contributed by atoms with Crippen molar-refractivity contribution in [2.24, 2.45) is 0 Å². The molecule has 134 valence electrons. The van der Waals surface area contributed by atoms with E-state index in [1.54, 1.807) is 18.3 Å². The van der Waals surface area contributed by atoms with Gasteiger partial charge in [-0.15, -0.1) is 0 Å². The molecular formula is C16H15BrF3N3O2. The number of ether oxygens (including phenoxy) is 1. The summed E-state index contributed by atoms with van der Waals surface area (Å²) in [5.74, 6) is 0. The quantitative estimate of drug-likeness (QED) is 0.733. The molecule has 1 aliphatic heterocycles. The standard InChI is InChI=1S/C16H15BrF3N3O2/c1-25-15(17)8-10-4-6-23(12(10)7-13(15)16(18,19)20)14(24)22-11-3-2-5-21-9-11/h2-3,5,7,9H,4,6,8H2,1H3,(H,22,24). The number of alkyl halides is 4. The van der Waals surface area contributed by atoms with E-state index < -0.39 is 22.3 Å². The van der Waals surface area contributed by atoms with E-state index in [0.29, 0.717) is 18.7 Å². The van der Waals surface area contributed by atoms with E-state index in [9.17, 15) is 18.0 Å². The van der Waals surface area contributed by atoms with Crippen LogP contribution < -0.4 is 5.32 Å². The molecule has 5 nitrogen and oxygen atoms in total. The van der Waals surface area contributed by atoms with Crippen molar-refractivity contribution in [1.29, 1.82) is 0 Å². The highest BCUT2D eigenvalue weighted by Crippen LogP contribution is 2.49. The summed E-state index contributed by atoms with van der Waals surface area (Å²) in [5.41, 5.74) is 0.639. The van der Waals surface area contributed by atoms with Crippen LogP contribution in [0.25, 0.3) is 0 Å². The molecule has 25 heavy (non-hydrogen) atoms. The summed E-state index contributed by atoms with van der Waals surface area (Å²) in [6.07, 6.45) is -0.0322. The van der Waals surface area contributed by atoms with E-state index in [1.165, 1.54) is 18.2 Å². The fraction of sp³-hybridized carbons (Fsp3) is 0.375. The molecule has 1 atom stereocenters. The third kappa shape index (κ3) is 3.43. The number of hydrogen-bond acceptors (Lipinski definition) is 3. The van der Waals surface area contributed by atoms with Crippen LogP contribution in [0.4, 0.5) is 23.7 Å². The number of halogens is 4. The largest absolute Gasteiger partial charge is 0.416 e. The van der Waals surface area contributed by atoms with Crippen LogP contribution in [0.5, 0.6) is 0 Å². The highest BCUT2D eigenvalue weighted by Gasteiger charge is 2.51. The van der Waals surface area contributed by atoms with E-state index in [-0.39, 0.29) is 12.1 Å². The Bertz CT molecular complexity index is 749. The number of rotatable bonds is 2. The number of urea groups is 1. The van der Waals surface area contributed by atoms with Gasteiger partial charge in [0.1, 0.15) is 0 Å². The molecule has 3 rings (SSSR count). The first-order valence-corrected chi connectivity index (χ1v) is 8.28. The minimum absolute atomic E-state index is 0.0286. The Labute approximate surface area is 150 Å². The van der Waals surface area contributed by atoms with Gasteiger partial charge in [0, 0.05) is 32.0 Å². The van der Waals surface area contributed by atoms with Crippen molar-refractivity contribution in [1.82, 2.24) is 9.88 Å². The molecule has 0 saturated heterocycles. The van der Waals surface area contributed by atoms with Gasteiger partial charge in [-0.25, -0.2) is 4.79 Å². The van der Waals surface area contributed by atoms with Crippen molar-refractivity contribution in [3.05, 3.63) is 47.4 Å². The predicted octanol–water partition coefficient (Wildman–Crippen LogP) is 4.20. The summed E-state index contributed by atoms with van der Waals surface area (Å²) in [4.78, 5) is 17.7. The second-order valence-corrected chi connectivity index (χ2v) is 7.01. The normalized spacial score (nSPS) is 23.4. The van der Waals surface area contributed by atoms with Crippen LogP contribution >= 0.6 is 15.9 Å². The average Bonchev–Trinajstić information content (AvgIpc) is 2.96. The fourth-order valence-electron chi connectivity index (χ4n) is 2.97. The van der Waals surface area contributed by atoms with Gasteiger partial charge in [-0.1, -0.05) is 0 Å². The van der Waals surface area contributed by atoms with Crippen LogP contribution in [-0.4, -0.2) is 40.3 Å². The van der Waals surface area contributed by atoms with Gasteiger partial charge in [-0.3, -0.25) is 9.88 Å². The van der Waals surface area contributed by atoms with Gasteiger partial charge in [0.15, 0.2) is 4.51 Å². The van der Waals surface area contributed by atoms with Crippen molar-refractivity contribution in [3.8, 4) is 0 Å². The Balaban J connectivity index is 1.89.